The summed E-state index contributed by atoms with van der Waals surface area (Å²) in [4.78, 5) is 26.9. The number of amides is 2. The summed E-state index contributed by atoms with van der Waals surface area (Å²) >= 11 is 8.67. The largest absolute Gasteiger partial charge is 0.493 e. The Labute approximate surface area is 182 Å². The fourth-order valence-electron chi connectivity index (χ4n) is 2.83. The van der Waals surface area contributed by atoms with Gasteiger partial charge in [-0.2, -0.15) is 0 Å². The minimum Gasteiger partial charge on any atom is -0.493 e. The highest BCUT2D eigenvalue weighted by Crippen LogP contribution is 2.35. The highest BCUT2D eigenvalue weighted by Gasteiger charge is 2.34. The zero-order valence-electron chi connectivity index (χ0n) is 15.9. The molecule has 1 saturated heterocycles. The zero-order chi connectivity index (χ0) is 21.0. The third-order valence-electron chi connectivity index (χ3n) is 4.08. The van der Waals surface area contributed by atoms with Gasteiger partial charge in [0.1, 0.15) is 17.1 Å². The molecule has 0 atom stereocenters. The number of rotatable bonds is 6. The molecule has 29 heavy (non-hydrogen) atoms. The maximum atomic E-state index is 13.1. The predicted octanol–water partition coefficient (Wildman–Crippen LogP) is 4.08. The number of thiocarbonyl (C=S) groups is 1. The monoisotopic (exact) mass is 474 g/mol. The Bertz CT molecular complexity index is 992. The molecule has 0 aliphatic carbocycles. The summed E-state index contributed by atoms with van der Waals surface area (Å²) in [5.41, 5.74) is 1.10. The van der Waals surface area contributed by atoms with E-state index in [1.807, 2.05) is 19.9 Å². The van der Waals surface area contributed by atoms with Gasteiger partial charge >= 0.3 is 0 Å². The minimum absolute atomic E-state index is 0.0422. The first-order valence-electron chi connectivity index (χ1n) is 9.01. The lowest BCUT2D eigenvalue weighted by Gasteiger charge is -2.29. The van der Waals surface area contributed by atoms with Gasteiger partial charge in [0.15, 0.2) is 5.11 Å². The molecule has 8 heteroatoms. The first kappa shape index (κ1) is 21.0. The van der Waals surface area contributed by atoms with E-state index in [1.54, 1.807) is 36.4 Å². The first-order chi connectivity index (χ1) is 14.0. The molecule has 0 aromatic heterocycles. The lowest BCUT2D eigenvalue weighted by Crippen LogP contribution is -2.54. The standard InChI is InChI=1S/C21H19BrN2O4S/c1-3-27-17-12-18(28-4-2)16(22)11-13(17)10-15-19(25)23-21(29)24(20(15)26)14-8-6-5-7-9-14/h5-12H,3-4H2,1-2H3,(H,23,25,29). The molecule has 2 aromatic carbocycles. The number of nitrogens with zero attached hydrogens (tertiary/aromatic N) is 1. The second-order valence-electron chi connectivity index (χ2n) is 5.98. The summed E-state index contributed by atoms with van der Waals surface area (Å²) in [7, 11) is 0. The lowest BCUT2D eigenvalue weighted by atomic mass is 10.1. The summed E-state index contributed by atoms with van der Waals surface area (Å²) in [6, 6.07) is 12.4. The van der Waals surface area contributed by atoms with Gasteiger partial charge in [0.25, 0.3) is 11.8 Å². The summed E-state index contributed by atoms with van der Waals surface area (Å²) in [5, 5.41) is 2.62. The molecule has 6 nitrogen and oxygen atoms in total. The van der Waals surface area contributed by atoms with Crippen LogP contribution in [0, 0.1) is 0 Å². The second kappa shape index (κ2) is 9.19. The molecule has 0 unspecified atom stereocenters. The van der Waals surface area contributed by atoms with Crippen molar-refractivity contribution in [3.63, 3.8) is 0 Å². The maximum Gasteiger partial charge on any atom is 0.270 e. The molecule has 1 fully saturated rings. The Morgan fingerprint density at radius 1 is 1.07 bits per heavy atom. The van der Waals surface area contributed by atoms with Crippen LogP contribution in [0.15, 0.2) is 52.5 Å². The van der Waals surface area contributed by atoms with Gasteiger partial charge in [-0.05, 0) is 66.3 Å². The highest BCUT2D eigenvalue weighted by atomic mass is 79.9. The van der Waals surface area contributed by atoms with E-state index in [-0.39, 0.29) is 10.7 Å². The van der Waals surface area contributed by atoms with Crippen molar-refractivity contribution in [1.82, 2.24) is 5.32 Å². The SMILES string of the molecule is CCOc1cc(OCC)c(C=C2C(=O)NC(=S)N(c3ccccc3)C2=O)cc1Br. The summed E-state index contributed by atoms with van der Waals surface area (Å²) in [5.74, 6) is 0.0633. The van der Waals surface area contributed by atoms with Crippen molar-refractivity contribution in [1.29, 1.82) is 0 Å². The molecule has 2 amide bonds. The average molecular weight is 475 g/mol. The van der Waals surface area contributed by atoms with Crippen LogP contribution < -0.4 is 19.7 Å². The van der Waals surface area contributed by atoms with E-state index in [9.17, 15) is 9.59 Å². The number of carbonyl (C=O) groups is 2. The van der Waals surface area contributed by atoms with Gasteiger partial charge in [-0.15, -0.1) is 0 Å². The average Bonchev–Trinajstić information content (AvgIpc) is 2.69. The number of halogens is 1. The van der Waals surface area contributed by atoms with Crippen LogP contribution in [0.4, 0.5) is 5.69 Å². The molecule has 1 N–H and O–H groups in total. The number of nitrogens with one attached hydrogen (secondary N) is 1. The van der Waals surface area contributed by atoms with Crippen LogP contribution in [0.2, 0.25) is 0 Å². The molecule has 1 aliphatic heterocycles. The number of anilines is 1. The fourth-order valence-corrected chi connectivity index (χ4v) is 3.59. The van der Waals surface area contributed by atoms with Crippen molar-refractivity contribution in [2.45, 2.75) is 13.8 Å². The van der Waals surface area contributed by atoms with Gasteiger partial charge in [-0.1, -0.05) is 18.2 Å². The van der Waals surface area contributed by atoms with Crippen molar-refractivity contribution in [2.75, 3.05) is 18.1 Å². The summed E-state index contributed by atoms with van der Waals surface area (Å²) in [6.45, 7) is 4.65. The van der Waals surface area contributed by atoms with Crippen LogP contribution in [0.3, 0.4) is 0 Å². The van der Waals surface area contributed by atoms with Crippen molar-refractivity contribution >= 4 is 56.8 Å². The predicted molar refractivity (Wildman–Crippen MR) is 119 cm³/mol. The summed E-state index contributed by atoms with van der Waals surface area (Å²) < 4.78 is 12.0. The molecule has 1 aliphatic rings. The third-order valence-corrected chi connectivity index (χ3v) is 4.98. The lowest BCUT2D eigenvalue weighted by molar-refractivity contribution is -0.122. The number of hydrogen-bond donors (Lipinski definition) is 1. The molecule has 0 saturated carbocycles. The Hall–Kier alpha value is -2.71. The van der Waals surface area contributed by atoms with Gasteiger partial charge in [-0.25, -0.2) is 0 Å². The van der Waals surface area contributed by atoms with Crippen LogP contribution in [0.1, 0.15) is 19.4 Å². The van der Waals surface area contributed by atoms with Gasteiger partial charge in [0, 0.05) is 11.6 Å². The van der Waals surface area contributed by atoms with E-state index in [0.29, 0.717) is 40.4 Å². The van der Waals surface area contributed by atoms with Gasteiger partial charge in [0.05, 0.1) is 23.4 Å². The number of hydrogen-bond acceptors (Lipinski definition) is 5. The van der Waals surface area contributed by atoms with Crippen molar-refractivity contribution in [2.24, 2.45) is 0 Å². The van der Waals surface area contributed by atoms with E-state index < -0.39 is 11.8 Å². The molecule has 150 valence electrons. The minimum atomic E-state index is -0.556. The Morgan fingerprint density at radius 3 is 2.38 bits per heavy atom. The zero-order valence-corrected chi connectivity index (χ0v) is 18.3. The number of benzene rings is 2. The molecule has 0 bridgehead atoms. The molecule has 2 aromatic rings. The van der Waals surface area contributed by atoms with Crippen molar-refractivity contribution in [3.05, 3.63) is 58.1 Å². The van der Waals surface area contributed by atoms with Crippen LogP contribution in [0.5, 0.6) is 11.5 Å². The normalized spacial score (nSPS) is 15.5. The van der Waals surface area contributed by atoms with E-state index >= 15 is 0 Å². The van der Waals surface area contributed by atoms with Crippen LogP contribution in [-0.4, -0.2) is 30.1 Å². The van der Waals surface area contributed by atoms with Crippen molar-refractivity contribution in [3.8, 4) is 11.5 Å². The van der Waals surface area contributed by atoms with Gasteiger partial charge in [0.2, 0.25) is 0 Å². The molecular weight excluding hydrogens is 456 g/mol. The quantitative estimate of drug-likeness (QED) is 0.388. The molecule has 0 spiro atoms. The van der Waals surface area contributed by atoms with Gasteiger partial charge in [-0.3, -0.25) is 19.8 Å². The molecular formula is C21H19BrN2O4S. The second-order valence-corrected chi connectivity index (χ2v) is 7.22. The number of carbonyl (C=O) groups excluding carboxylic acids is 2. The van der Waals surface area contributed by atoms with Gasteiger partial charge < -0.3 is 9.47 Å². The maximum absolute atomic E-state index is 13.1. The molecule has 3 rings (SSSR count). The fraction of sp³-hybridized carbons (Fsp3) is 0.190. The molecule has 0 radical (unpaired) electrons. The molecule has 1 heterocycles. The highest BCUT2D eigenvalue weighted by molar-refractivity contribution is 9.10. The Balaban J connectivity index is 2.06. The van der Waals surface area contributed by atoms with Crippen LogP contribution >= 0.6 is 28.1 Å². The Morgan fingerprint density at radius 2 is 1.72 bits per heavy atom. The number of para-hydroxylation sites is 1. The first-order valence-corrected chi connectivity index (χ1v) is 10.2. The number of ether oxygens (including phenoxy) is 2. The van der Waals surface area contributed by atoms with Crippen LogP contribution in [0.25, 0.3) is 6.08 Å². The van der Waals surface area contributed by atoms with Crippen molar-refractivity contribution < 1.29 is 19.1 Å². The Kier molecular flexibility index (Phi) is 6.66. The third kappa shape index (κ3) is 4.49. The van der Waals surface area contributed by atoms with E-state index in [2.05, 4.69) is 21.2 Å². The van der Waals surface area contributed by atoms with E-state index in [1.165, 1.54) is 11.0 Å². The van der Waals surface area contributed by atoms with Crippen LogP contribution in [-0.2, 0) is 9.59 Å². The van der Waals surface area contributed by atoms with E-state index in [0.717, 1.165) is 0 Å². The topological polar surface area (TPSA) is 67.9 Å². The van der Waals surface area contributed by atoms with E-state index in [4.69, 9.17) is 21.7 Å². The smallest absolute Gasteiger partial charge is 0.270 e. The summed E-state index contributed by atoms with van der Waals surface area (Å²) in [6.07, 6.45) is 1.50.